The molecule has 1 N–H and O–H groups in total. The zero-order chi connectivity index (χ0) is 14.2. The monoisotopic (exact) mass is 291 g/mol. The quantitative estimate of drug-likeness (QED) is 0.597. The van der Waals surface area contributed by atoms with Crippen molar-refractivity contribution in [1.82, 2.24) is 15.5 Å². The Hall–Kier alpha value is -1.33. The molecule has 1 heterocycles. The predicted molar refractivity (Wildman–Crippen MR) is 81.8 cm³/mol. The van der Waals surface area contributed by atoms with Gasteiger partial charge in [0.05, 0.1) is 5.75 Å². The molecule has 5 heteroatoms. The molecule has 0 amide bonds. The summed E-state index contributed by atoms with van der Waals surface area (Å²) in [6.07, 6.45) is 1.86. The minimum absolute atomic E-state index is 0.524. The van der Waals surface area contributed by atoms with Gasteiger partial charge in [-0.1, -0.05) is 32.0 Å². The van der Waals surface area contributed by atoms with Crippen molar-refractivity contribution in [2.75, 3.05) is 6.54 Å². The molecule has 0 bridgehead atoms. The van der Waals surface area contributed by atoms with E-state index >= 15 is 0 Å². The standard InChI is InChI=1S/C15H21N3OS/c1-12(2)16-10-6-9-14-17-18-15(19-14)11-20-13-7-4-3-5-8-13/h3-5,7-8,12,16H,6,9-11H2,1-2H3. The maximum absolute atomic E-state index is 5.64. The fourth-order valence-electron chi connectivity index (χ4n) is 1.74. The molecule has 0 aliphatic carbocycles. The van der Waals surface area contributed by atoms with Crippen LogP contribution in [0.5, 0.6) is 0 Å². The molecule has 0 atom stereocenters. The van der Waals surface area contributed by atoms with Crippen LogP contribution in [0.2, 0.25) is 0 Å². The Labute approximate surface area is 124 Å². The van der Waals surface area contributed by atoms with Crippen LogP contribution in [-0.4, -0.2) is 22.8 Å². The number of rotatable bonds is 8. The molecular weight excluding hydrogens is 270 g/mol. The number of nitrogens with one attached hydrogen (secondary N) is 1. The summed E-state index contributed by atoms with van der Waals surface area (Å²) in [6.45, 7) is 5.27. The van der Waals surface area contributed by atoms with Crippen molar-refractivity contribution in [3.05, 3.63) is 42.1 Å². The number of aromatic nitrogens is 2. The van der Waals surface area contributed by atoms with Gasteiger partial charge in [0.1, 0.15) is 0 Å². The van der Waals surface area contributed by atoms with Gasteiger partial charge in [-0.2, -0.15) is 0 Å². The van der Waals surface area contributed by atoms with Crippen LogP contribution in [0.1, 0.15) is 32.0 Å². The first-order chi connectivity index (χ1) is 9.74. The highest BCUT2D eigenvalue weighted by Crippen LogP contribution is 2.21. The molecule has 1 aromatic heterocycles. The molecule has 0 saturated heterocycles. The van der Waals surface area contributed by atoms with Crippen LogP contribution in [0.4, 0.5) is 0 Å². The van der Waals surface area contributed by atoms with E-state index in [9.17, 15) is 0 Å². The molecule has 0 radical (unpaired) electrons. The van der Waals surface area contributed by atoms with Gasteiger partial charge >= 0.3 is 0 Å². The van der Waals surface area contributed by atoms with Crippen molar-refractivity contribution in [2.24, 2.45) is 0 Å². The highest BCUT2D eigenvalue weighted by molar-refractivity contribution is 7.98. The van der Waals surface area contributed by atoms with Gasteiger partial charge in [0.15, 0.2) is 0 Å². The van der Waals surface area contributed by atoms with Gasteiger partial charge in [-0.15, -0.1) is 22.0 Å². The third kappa shape index (κ3) is 5.35. The van der Waals surface area contributed by atoms with Gasteiger partial charge in [-0.05, 0) is 25.1 Å². The van der Waals surface area contributed by atoms with Gasteiger partial charge in [0.2, 0.25) is 11.8 Å². The third-order valence-electron chi connectivity index (χ3n) is 2.73. The summed E-state index contributed by atoms with van der Waals surface area (Å²) in [7, 11) is 0. The van der Waals surface area contributed by atoms with E-state index in [0.29, 0.717) is 11.9 Å². The van der Waals surface area contributed by atoms with Crippen LogP contribution in [0.15, 0.2) is 39.6 Å². The normalized spacial score (nSPS) is 11.2. The number of hydrogen-bond donors (Lipinski definition) is 1. The van der Waals surface area contributed by atoms with E-state index in [4.69, 9.17) is 4.42 Å². The van der Waals surface area contributed by atoms with Crippen LogP contribution in [0, 0.1) is 0 Å². The van der Waals surface area contributed by atoms with Gasteiger partial charge in [-0.25, -0.2) is 0 Å². The van der Waals surface area contributed by atoms with Crippen molar-refractivity contribution < 1.29 is 4.42 Å². The van der Waals surface area contributed by atoms with Crippen molar-refractivity contribution in [3.63, 3.8) is 0 Å². The second-order valence-corrected chi connectivity index (χ2v) is 5.95. The second kappa shape index (κ2) is 8.07. The average Bonchev–Trinajstić information content (AvgIpc) is 2.90. The smallest absolute Gasteiger partial charge is 0.226 e. The summed E-state index contributed by atoms with van der Waals surface area (Å²) in [5.74, 6) is 2.16. The highest BCUT2D eigenvalue weighted by Gasteiger charge is 2.06. The largest absolute Gasteiger partial charge is 0.424 e. The van der Waals surface area contributed by atoms with E-state index in [1.54, 1.807) is 11.8 Å². The van der Waals surface area contributed by atoms with Crippen molar-refractivity contribution in [2.45, 2.75) is 43.4 Å². The summed E-state index contributed by atoms with van der Waals surface area (Å²) in [6, 6.07) is 10.8. The van der Waals surface area contributed by atoms with Gasteiger partial charge in [0.25, 0.3) is 0 Å². The van der Waals surface area contributed by atoms with Gasteiger partial charge in [0, 0.05) is 17.4 Å². The average molecular weight is 291 g/mol. The maximum Gasteiger partial charge on any atom is 0.226 e. The first kappa shape index (κ1) is 15.1. The molecule has 0 aliphatic heterocycles. The van der Waals surface area contributed by atoms with E-state index in [-0.39, 0.29) is 0 Å². The summed E-state index contributed by atoms with van der Waals surface area (Å²) in [5, 5.41) is 11.5. The molecular formula is C15H21N3OS. The Bertz CT molecular complexity index is 499. The molecule has 0 fully saturated rings. The predicted octanol–water partition coefficient (Wildman–Crippen LogP) is 3.29. The van der Waals surface area contributed by atoms with Crippen LogP contribution < -0.4 is 5.32 Å². The zero-order valence-corrected chi connectivity index (χ0v) is 12.8. The SMILES string of the molecule is CC(C)NCCCc1nnc(CSc2ccccc2)o1. The van der Waals surface area contributed by atoms with Gasteiger partial charge in [-0.3, -0.25) is 0 Å². The lowest BCUT2D eigenvalue weighted by atomic mass is 10.3. The van der Waals surface area contributed by atoms with Crippen molar-refractivity contribution >= 4 is 11.8 Å². The Morgan fingerprint density at radius 2 is 1.90 bits per heavy atom. The molecule has 108 valence electrons. The molecule has 0 spiro atoms. The molecule has 1 aromatic carbocycles. The van der Waals surface area contributed by atoms with E-state index < -0.39 is 0 Å². The molecule has 2 aromatic rings. The summed E-state index contributed by atoms with van der Waals surface area (Å²) >= 11 is 1.71. The third-order valence-corrected chi connectivity index (χ3v) is 3.73. The molecule has 20 heavy (non-hydrogen) atoms. The Morgan fingerprint density at radius 1 is 1.15 bits per heavy atom. The van der Waals surface area contributed by atoms with Crippen LogP contribution in [0.25, 0.3) is 0 Å². The topological polar surface area (TPSA) is 51.0 Å². The molecule has 4 nitrogen and oxygen atoms in total. The number of thioether (sulfide) groups is 1. The molecule has 0 unspecified atom stereocenters. The summed E-state index contributed by atoms with van der Waals surface area (Å²) in [4.78, 5) is 1.22. The van der Waals surface area contributed by atoms with Crippen LogP contribution >= 0.6 is 11.8 Å². The minimum Gasteiger partial charge on any atom is -0.424 e. The first-order valence-corrected chi connectivity index (χ1v) is 7.95. The minimum atomic E-state index is 0.524. The lowest BCUT2D eigenvalue weighted by molar-refractivity contribution is 0.452. The Kier molecular flexibility index (Phi) is 6.08. The summed E-state index contributed by atoms with van der Waals surface area (Å²) in [5.41, 5.74) is 0. The zero-order valence-electron chi connectivity index (χ0n) is 12.0. The van der Waals surface area contributed by atoms with Crippen LogP contribution in [0.3, 0.4) is 0 Å². The lowest BCUT2D eigenvalue weighted by Gasteiger charge is -2.05. The Balaban J connectivity index is 1.72. The second-order valence-electron chi connectivity index (χ2n) is 4.90. The van der Waals surface area contributed by atoms with Gasteiger partial charge < -0.3 is 9.73 Å². The fourth-order valence-corrected chi connectivity index (χ4v) is 2.50. The molecule has 2 rings (SSSR count). The lowest BCUT2D eigenvalue weighted by Crippen LogP contribution is -2.23. The first-order valence-electron chi connectivity index (χ1n) is 6.96. The number of nitrogens with zero attached hydrogens (tertiary/aromatic N) is 2. The fraction of sp³-hybridized carbons (Fsp3) is 0.467. The highest BCUT2D eigenvalue weighted by atomic mass is 32.2. The van der Waals surface area contributed by atoms with E-state index in [1.165, 1.54) is 4.90 Å². The molecule has 0 aliphatic rings. The number of aryl methyl sites for hydroxylation is 1. The van der Waals surface area contributed by atoms with Crippen molar-refractivity contribution in [1.29, 1.82) is 0 Å². The van der Waals surface area contributed by atoms with E-state index in [1.807, 2.05) is 18.2 Å². The van der Waals surface area contributed by atoms with Crippen LogP contribution in [-0.2, 0) is 12.2 Å². The number of benzene rings is 1. The molecule has 0 saturated carbocycles. The number of hydrogen-bond acceptors (Lipinski definition) is 5. The Morgan fingerprint density at radius 3 is 2.65 bits per heavy atom. The van der Waals surface area contributed by atoms with Crippen molar-refractivity contribution in [3.8, 4) is 0 Å². The summed E-state index contributed by atoms with van der Waals surface area (Å²) < 4.78 is 5.64. The van der Waals surface area contributed by atoms with E-state index in [0.717, 1.165) is 31.0 Å². The maximum atomic E-state index is 5.64. The van der Waals surface area contributed by atoms with E-state index in [2.05, 4.69) is 41.5 Å².